The first-order valence-corrected chi connectivity index (χ1v) is 7.70. The van der Waals surface area contributed by atoms with Crippen LogP contribution in [0.4, 0.5) is 0 Å². The van der Waals surface area contributed by atoms with Crippen LogP contribution in [0, 0.1) is 0 Å². The molecule has 0 aromatic heterocycles. The molecule has 1 fully saturated rings. The largest absolute Gasteiger partial charge is 0.490 e. The molecule has 2 unspecified atom stereocenters. The van der Waals surface area contributed by atoms with Crippen molar-refractivity contribution in [1.29, 1.82) is 0 Å². The minimum Gasteiger partial charge on any atom is -0.490 e. The molecule has 2 aromatic carbocycles. The molecule has 1 heterocycles. The van der Waals surface area contributed by atoms with E-state index in [1.165, 1.54) is 5.39 Å². The van der Waals surface area contributed by atoms with Gasteiger partial charge in [0.2, 0.25) is 0 Å². The SMILES string of the molecule is CC1CCC(COc2c([C@H](C)N)ccc3ccccc23)O1. The Bertz CT molecular complexity index is 624. The Balaban J connectivity index is 1.89. The first kappa shape index (κ1) is 14.4. The van der Waals surface area contributed by atoms with E-state index in [0.29, 0.717) is 12.7 Å². The Morgan fingerprint density at radius 3 is 2.76 bits per heavy atom. The van der Waals surface area contributed by atoms with E-state index in [4.69, 9.17) is 15.2 Å². The maximum atomic E-state index is 6.14. The van der Waals surface area contributed by atoms with Crippen LogP contribution in [-0.2, 0) is 4.74 Å². The molecule has 3 nitrogen and oxygen atoms in total. The maximum Gasteiger partial charge on any atom is 0.132 e. The van der Waals surface area contributed by atoms with Crippen LogP contribution in [0.15, 0.2) is 36.4 Å². The van der Waals surface area contributed by atoms with Gasteiger partial charge in [0.15, 0.2) is 0 Å². The van der Waals surface area contributed by atoms with E-state index in [9.17, 15) is 0 Å². The molecule has 0 bridgehead atoms. The molecule has 0 radical (unpaired) electrons. The fourth-order valence-corrected chi connectivity index (χ4v) is 2.96. The van der Waals surface area contributed by atoms with Crippen molar-refractivity contribution < 1.29 is 9.47 Å². The van der Waals surface area contributed by atoms with Crippen LogP contribution < -0.4 is 10.5 Å². The van der Waals surface area contributed by atoms with Crippen LogP contribution in [0.3, 0.4) is 0 Å². The summed E-state index contributed by atoms with van der Waals surface area (Å²) in [4.78, 5) is 0. The average Bonchev–Trinajstić information content (AvgIpc) is 2.90. The third-order valence-corrected chi connectivity index (χ3v) is 4.13. The van der Waals surface area contributed by atoms with Gasteiger partial charge in [-0.15, -0.1) is 0 Å². The molecule has 0 spiro atoms. The molecule has 3 rings (SSSR count). The van der Waals surface area contributed by atoms with Gasteiger partial charge in [-0.05, 0) is 32.1 Å². The summed E-state index contributed by atoms with van der Waals surface area (Å²) >= 11 is 0. The normalized spacial score (nSPS) is 23.4. The van der Waals surface area contributed by atoms with E-state index in [-0.39, 0.29) is 12.1 Å². The molecule has 21 heavy (non-hydrogen) atoms. The van der Waals surface area contributed by atoms with Crippen LogP contribution >= 0.6 is 0 Å². The molecule has 112 valence electrons. The number of rotatable bonds is 4. The summed E-state index contributed by atoms with van der Waals surface area (Å²) in [5, 5.41) is 2.30. The van der Waals surface area contributed by atoms with Crippen molar-refractivity contribution in [2.75, 3.05) is 6.61 Å². The fourth-order valence-electron chi connectivity index (χ4n) is 2.96. The molecule has 2 N–H and O–H groups in total. The van der Waals surface area contributed by atoms with E-state index in [1.807, 2.05) is 19.1 Å². The van der Waals surface area contributed by atoms with Crippen LogP contribution in [0.2, 0.25) is 0 Å². The minimum absolute atomic E-state index is 0.0481. The monoisotopic (exact) mass is 285 g/mol. The summed E-state index contributed by atoms with van der Waals surface area (Å²) < 4.78 is 12.0. The molecule has 3 heteroatoms. The highest BCUT2D eigenvalue weighted by Crippen LogP contribution is 2.33. The molecule has 0 amide bonds. The van der Waals surface area contributed by atoms with Crippen molar-refractivity contribution >= 4 is 10.8 Å². The van der Waals surface area contributed by atoms with Gasteiger partial charge < -0.3 is 15.2 Å². The number of benzene rings is 2. The Morgan fingerprint density at radius 2 is 2.05 bits per heavy atom. The van der Waals surface area contributed by atoms with Crippen LogP contribution in [0.5, 0.6) is 5.75 Å². The molecular formula is C18H23NO2. The second kappa shape index (κ2) is 6.04. The zero-order valence-electron chi connectivity index (χ0n) is 12.7. The summed E-state index contributed by atoms with van der Waals surface area (Å²) in [6.07, 6.45) is 2.72. The Hall–Kier alpha value is -1.58. The van der Waals surface area contributed by atoms with Crippen molar-refractivity contribution in [3.05, 3.63) is 42.0 Å². The maximum absolute atomic E-state index is 6.14. The molecule has 1 aliphatic rings. The number of fused-ring (bicyclic) bond motifs is 1. The lowest BCUT2D eigenvalue weighted by Crippen LogP contribution is -2.19. The lowest BCUT2D eigenvalue weighted by molar-refractivity contribution is 0.0265. The predicted molar refractivity (Wildman–Crippen MR) is 85.6 cm³/mol. The lowest BCUT2D eigenvalue weighted by Gasteiger charge is -2.19. The van der Waals surface area contributed by atoms with E-state index in [1.54, 1.807) is 0 Å². The van der Waals surface area contributed by atoms with Crippen LogP contribution in [0.25, 0.3) is 10.8 Å². The number of hydrogen-bond acceptors (Lipinski definition) is 3. The lowest BCUT2D eigenvalue weighted by atomic mass is 10.0. The molecule has 0 aliphatic carbocycles. The summed E-state index contributed by atoms with van der Waals surface area (Å²) in [5.74, 6) is 0.909. The fraction of sp³-hybridized carbons (Fsp3) is 0.444. The molecule has 1 saturated heterocycles. The van der Waals surface area contributed by atoms with Crippen LogP contribution in [-0.4, -0.2) is 18.8 Å². The Labute approximate surface area is 126 Å². The average molecular weight is 285 g/mol. The van der Waals surface area contributed by atoms with E-state index >= 15 is 0 Å². The number of hydrogen-bond donors (Lipinski definition) is 1. The second-order valence-corrected chi connectivity index (χ2v) is 5.95. The highest BCUT2D eigenvalue weighted by atomic mass is 16.5. The van der Waals surface area contributed by atoms with Crippen molar-refractivity contribution in [3.63, 3.8) is 0 Å². The standard InChI is InChI=1S/C18H23NO2/c1-12-7-9-15(21-12)11-20-18-16(13(2)19)10-8-14-5-3-4-6-17(14)18/h3-6,8,10,12-13,15H,7,9,11,19H2,1-2H3/t12?,13-,15?/m0/s1. The molecule has 1 aliphatic heterocycles. The molecule has 0 saturated carbocycles. The predicted octanol–water partition coefficient (Wildman–Crippen LogP) is 3.81. The van der Waals surface area contributed by atoms with Crippen molar-refractivity contribution in [1.82, 2.24) is 0 Å². The van der Waals surface area contributed by atoms with Gasteiger partial charge in [0.1, 0.15) is 12.4 Å². The van der Waals surface area contributed by atoms with E-state index in [2.05, 4.69) is 31.2 Å². The minimum atomic E-state index is -0.0481. The number of nitrogens with two attached hydrogens (primary N) is 1. The van der Waals surface area contributed by atoms with Gasteiger partial charge in [-0.2, -0.15) is 0 Å². The van der Waals surface area contributed by atoms with Gasteiger partial charge in [-0.1, -0.05) is 36.4 Å². The quantitative estimate of drug-likeness (QED) is 0.929. The van der Waals surface area contributed by atoms with Crippen LogP contribution in [0.1, 0.15) is 38.3 Å². The van der Waals surface area contributed by atoms with Crippen molar-refractivity contribution in [2.24, 2.45) is 5.73 Å². The first-order valence-electron chi connectivity index (χ1n) is 7.70. The zero-order chi connectivity index (χ0) is 14.8. The van der Waals surface area contributed by atoms with Gasteiger partial charge in [0.25, 0.3) is 0 Å². The molecular weight excluding hydrogens is 262 g/mol. The molecule has 2 aromatic rings. The summed E-state index contributed by atoms with van der Waals surface area (Å²) in [7, 11) is 0. The summed E-state index contributed by atoms with van der Waals surface area (Å²) in [6, 6.07) is 12.4. The summed E-state index contributed by atoms with van der Waals surface area (Å²) in [5.41, 5.74) is 7.16. The number of ether oxygens (including phenoxy) is 2. The van der Waals surface area contributed by atoms with Gasteiger partial charge in [0, 0.05) is 17.0 Å². The van der Waals surface area contributed by atoms with Gasteiger partial charge in [-0.3, -0.25) is 0 Å². The molecule has 3 atom stereocenters. The van der Waals surface area contributed by atoms with Gasteiger partial charge in [0.05, 0.1) is 12.2 Å². The Morgan fingerprint density at radius 1 is 1.24 bits per heavy atom. The Kier molecular flexibility index (Phi) is 4.13. The van der Waals surface area contributed by atoms with Crippen molar-refractivity contribution in [3.8, 4) is 5.75 Å². The van der Waals surface area contributed by atoms with Gasteiger partial charge in [-0.25, -0.2) is 0 Å². The third kappa shape index (κ3) is 3.04. The highest BCUT2D eigenvalue weighted by molar-refractivity contribution is 5.89. The topological polar surface area (TPSA) is 44.5 Å². The highest BCUT2D eigenvalue weighted by Gasteiger charge is 2.23. The summed E-state index contributed by atoms with van der Waals surface area (Å²) in [6.45, 7) is 4.70. The second-order valence-electron chi connectivity index (χ2n) is 5.95. The third-order valence-electron chi connectivity index (χ3n) is 4.13. The van der Waals surface area contributed by atoms with E-state index < -0.39 is 0 Å². The van der Waals surface area contributed by atoms with Crippen molar-refractivity contribution in [2.45, 2.75) is 44.9 Å². The van der Waals surface area contributed by atoms with Gasteiger partial charge >= 0.3 is 0 Å². The zero-order valence-corrected chi connectivity index (χ0v) is 12.7. The smallest absolute Gasteiger partial charge is 0.132 e. The van der Waals surface area contributed by atoms with E-state index in [0.717, 1.165) is 29.5 Å². The first-order chi connectivity index (χ1) is 10.1.